The summed E-state index contributed by atoms with van der Waals surface area (Å²) < 4.78 is 5.68. The van der Waals surface area contributed by atoms with Crippen LogP contribution in [-0.4, -0.2) is 12.0 Å². The first kappa shape index (κ1) is 20.2. The molecule has 0 aliphatic rings. The monoisotopic (exact) mass is 406 g/mol. The van der Waals surface area contributed by atoms with Crippen molar-refractivity contribution in [2.24, 2.45) is 0 Å². The number of nitrogens with one attached hydrogen (secondary N) is 1. The minimum Gasteiger partial charge on any atom is -0.491 e. The van der Waals surface area contributed by atoms with Gasteiger partial charge in [-0.2, -0.15) is 5.26 Å². The number of amides is 1. The van der Waals surface area contributed by atoms with Crippen molar-refractivity contribution >= 4 is 39.2 Å². The van der Waals surface area contributed by atoms with E-state index in [0.717, 1.165) is 27.1 Å². The van der Waals surface area contributed by atoms with E-state index in [-0.39, 0.29) is 11.7 Å². The number of hydrogen-bond donors (Lipinski definition) is 1. The van der Waals surface area contributed by atoms with Gasteiger partial charge in [-0.15, -0.1) is 0 Å². The van der Waals surface area contributed by atoms with Gasteiger partial charge in [0.1, 0.15) is 17.4 Å². The summed E-state index contributed by atoms with van der Waals surface area (Å²) in [4.78, 5) is 12.9. The molecule has 4 heteroatoms. The van der Waals surface area contributed by atoms with Crippen molar-refractivity contribution in [3.63, 3.8) is 0 Å². The lowest BCUT2D eigenvalue weighted by molar-refractivity contribution is -0.112. The van der Waals surface area contributed by atoms with Crippen LogP contribution in [-0.2, 0) is 4.79 Å². The van der Waals surface area contributed by atoms with Gasteiger partial charge in [-0.05, 0) is 65.2 Å². The number of nitriles is 1. The van der Waals surface area contributed by atoms with E-state index in [1.54, 1.807) is 24.3 Å². The first-order valence-corrected chi connectivity index (χ1v) is 10.2. The predicted octanol–water partition coefficient (Wildman–Crippen LogP) is 6.33. The quantitative estimate of drug-likeness (QED) is 0.239. The van der Waals surface area contributed by atoms with Crippen molar-refractivity contribution in [1.82, 2.24) is 0 Å². The molecule has 0 bridgehead atoms. The molecule has 4 rings (SSSR count). The lowest BCUT2D eigenvalue weighted by Crippen LogP contribution is -2.14. The Morgan fingerprint density at radius 2 is 1.58 bits per heavy atom. The number of fused-ring (bicyclic) bond motifs is 2. The molecule has 0 saturated heterocycles. The highest BCUT2D eigenvalue weighted by molar-refractivity contribution is 6.14. The van der Waals surface area contributed by atoms with Gasteiger partial charge in [0.15, 0.2) is 0 Å². The smallest absolute Gasteiger partial charge is 0.266 e. The fourth-order valence-electron chi connectivity index (χ4n) is 3.62. The van der Waals surface area contributed by atoms with Crippen LogP contribution in [0, 0.1) is 11.3 Å². The molecule has 0 atom stereocenters. The molecule has 0 saturated carbocycles. The highest BCUT2D eigenvalue weighted by Gasteiger charge is 2.13. The van der Waals surface area contributed by atoms with Crippen LogP contribution in [0.3, 0.4) is 0 Å². The molecular weight excluding hydrogens is 384 g/mol. The molecule has 0 radical (unpaired) electrons. The molecule has 0 spiro atoms. The Morgan fingerprint density at radius 3 is 2.19 bits per heavy atom. The SMILES string of the molecule is CC(C)Oc1cccc(NC(=O)/C(C#N)=C\c2c3ccccc3cc3ccccc23)c1. The third-order valence-corrected chi connectivity index (χ3v) is 4.93. The zero-order valence-electron chi connectivity index (χ0n) is 17.4. The number of ether oxygens (including phenoxy) is 1. The third-order valence-electron chi connectivity index (χ3n) is 4.93. The maximum atomic E-state index is 12.9. The zero-order chi connectivity index (χ0) is 21.8. The minimum atomic E-state index is -0.457. The van der Waals surface area contributed by atoms with E-state index >= 15 is 0 Å². The van der Waals surface area contributed by atoms with Crippen molar-refractivity contribution in [1.29, 1.82) is 5.26 Å². The fraction of sp³-hybridized carbons (Fsp3) is 0.111. The van der Waals surface area contributed by atoms with Gasteiger partial charge >= 0.3 is 0 Å². The number of anilines is 1. The Morgan fingerprint density at radius 1 is 0.935 bits per heavy atom. The summed E-state index contributed by atoms with van der Waals surface area (Å²) >= 11 is 0. The molecule has 0 unspecified atom stereocenters. The third kappa shape index (κ3) is 4.41. The maximum absolute atomic E-state index is 12.9. The van der Waals surface area contributed by atoms with E-state index in [1.165, 1.54) is 0 Å². The van der Waals surface area contributed by atoms with Gasteiger partial charge in [0.25, 0.3) is 5.91 Å². The first-order chi connectivity index (χ1) is 15.0. The molecule has 31 heavy (non-hydrogen) atoms. The summed E-state index contributed by atoms with van der Waals surface area (Å²) in [6.07, 6.45) is 1.70. The van der Waals surface area contributed by atoms with Crippen LogP contribution < -0.4 is 10.1 Å². The highest BCUT2D eigenvalue weighted by atomic mass is 16.5. The number of hydrogen-bond acceptors (Lipinski definition) is 3. The van der Waals surface area contributed by atoms with Gasteiger partial charge in [0.05, 0.1) is 6.10 Å². The lowest BCUT2D eigenvalue weighted by Gasteiger charge is -2.12. The average Bonchev–Trinajstić information content (AvgIpc) is 2.76. The summed E-state index contributed by atoms with van der Waals surface area (Å²) in [5, 5.41) is 16.7. The molecule has 4 aromatic rings. The molecule has 1 N–H and O–H groups in total. The molecule has 0 aliphatic carbocycles. The number of nitrogens with zero attached hydrogens (tertiary/aromatic N) is 1. The van der Waals surface area contributed by atoms with Crippen LogP contribution in [0.2, 0.25) is 0 Å². The molecular formula is C27H22N2O2. The van der Waals surface area contributed by atoms with Crippen LogP contribution in [0.25, 0.3) is 27.6 Å². The van der Waals surface area contributed by atoms with E-state index in [9.17, 15) is 10.1 Å². The summed E-state index contributed by atoms with van der Waals surface area (Å²) in [5.41, 5.74) is 1.47. The molecule has 1 amide bonds. The Bertz CT molecular complexity index is 1290. The fourth-order valence-corrected chi connectivity index (χ4v) is 3.62. The van der Waals surface area contributed by atoms with E-state index in [2.05, 4.69) is 17.5 Å². The Balaban J connectivity index is 1.74. The summed E-state index contributed by atoms with van der Waals surface area (Å²) in [6, 6.07) is 27.3. The summed E-state index contributed by atoms with van der Waals surface area (Å²) in [5.74, 6) is 0.205. The Labute approximate surface area is 181 Å². The summed E-state index contributed by atoms with van der Waals surface area (Å²) in [6.45, 7) is 3.88. The van der Waals surface area contributed by atoms with Crippen molar-refractivity contribution in [2.45, 2.75) is 20.0 Å². The minimum absolute atomic E-state index is 0.0279. The Hall–Kier alpha value is -4.10. The van der Waals surface area contributed by atoms with E-state index in [0.29, 0.717) is 11.4 Å². The zero-order valence-corrected chi connectivity index (χ0v) is 17.4. The average molecular weight is 406 g/mol. The predicted molar refractivity (Wildman–Crippen MR) is 126 cm³/mol. The molecule has 0 heterocycles. The van der Waals surface area contributed by atoms with Crippen molar-refractivity contribution in [3.05, 3.63) is 90.0 Å². The second-order valence-corrected chi connectivity index (χ2v) is 7.55. The molecule has 4 aromatic carbocycles. The van der Waals surface area contributed by atoms with Crippen LogP contribution in [0.5, 0.6) is 5.75 Å². The van der Waals surface area contributed by atoms with Crippen molar-refractivity contribution in [3.8, 4) is 11.8 Å². The van der Waals surface area contributed by atoms with E-state index in [1.807, 2.05) is 68.4 Å². The van der Waals surface area contributed by atoms with Crippen LogP contribution in [0.15, 0.2) is 84.4 Å². The highest BCUT2D eigenvalue weighted by Crippen LogP contribution is 2.30. The second-order valence-electron chi connectivity index (χ2n) is 7.55. The number of benzene rings is 4. The maximum Gasteiger partial charge on any atom is 0.266 e. The molecule has 0 aromatic heterocycles. The van der Waals surface area contributed by atoms with Gasteiger partial charge in [0.2, 0.25) is 0 Å². The van der Waals surface area contributed by atoms with Crippen LogP contribution in [0.4, 0.5) is 5.69 Å². The van der Waals surface area contributed by atoms with Crippen LogP contribution in [0.1, 0.15) is 19.4 Å². The number of rotatable bonds is 5. The van der Waals surface area contributed by atoms with Gasteiger partial charge < -0.3 is 10.1 Å². The largest absolute Gasteiger partial charge is 0.491 e. The summed E-state index contributed by atoms with van der Waals surface area (Å²) in [7, 11) is 0. The van der Waals surface area contributed by atoms with E-state index in [4.69, 9.17) is 4.74 Å². The molecule has 0 aliphatic heterocycles. The standard InChI is InChI=1S/C27H22N2O2/c1-18(2)31-23-11-7-10-22(16-23)29-27(30)21(17-28)15-26-24-12-5-3-8-19(24)14-20-9-4-6-13-25(20)26/h3-16,18H,1-2H3,(H,29,30)/b21-15-. The Kier molecular flexibility index (Phi) is 5.68. The van der Waals surface area contributed by atoms with Gasteiger partial charge in [-0.1, -0.05) is 54.6 Å². The normalized spacial score (nSPS) is 11.5. The van der Waals surface area contributed by atoms with Crippen LogP contribution >= 0.6 is 0 Å². The van der Waals surface area contributed by atoms with Crippen molar-refractivity contribution < 1.29 is 9.53 Å². The first-order valence-electron chi connectivity index (χ1n) is 10.2. The van der Waals surface area contributed by atoms with Crippen molar-refractivity contribution in [2.75, 3.05) is 5.32 Å². The number of carbonyl (C=O) groups is 1. The molecule has 0 fully saturated rings. The molecule has 4 nitrogen and oxygen atoms in total. The lowest BCUT2D eigenvalue weighted by atomic mass is 9.95. The second kappa shape index (κ2) is 8.73. The topological polar surface area (TPSA) is 62.1 Å². The van der Waals surface area contributed by atoms with Gasteiger partial charge in [-0.25, -0.2) is 0 Å². The molecule has 152 valence electrons. The van der Waals surface area contributed by atoms with E-state index < -0.39 is 5.91 Å². The number of carbonyl (C=O) groups excluding carboxylic acids is 1. The van der Waals surface area contributed by atoms with Gasteiger partial charge in [-0.3, -0.25) is 4.79 Å². The van der Waals surface area contributed by atoms with Gasteiger partial charge in [0, 0.05) is 11.8 Å².